The second-order valence-corrected chi connectivity index (χ2v) is 3.22. The number of rotatable bonds is 10. The fourth-order valence-electron chi connectivity index (χ4n) is 0.950. The van der Waals surface area contributed by atoms with Gasteiger partial charge in [-0.15, -0.1) is 0 Å². The summed E-state index contributed by atoms with van der Waals surface area (Å²) in [6.45, 7) is 2.09. The summed E-state index contributed by atoms with van der Waals surface area (Å²) in [5.41, 5.74) is 5.19. The molecule has 0 saturated heterocycles. The molecule has 6 nitrogen and oxygen atoms in total. The number of hydrogen-bond acceptors (Lipinski definition) is 6. The summed E-state index contributed by atoms with van der Waals surface area (Å²) in [4.78, 5) is 11.1. The van der Waals surface area contributed by atoms with Gasteiger partial charge in [0.2, 0.25) is 0 Å². The van der Waals surface area contributed by atoms with E-state index in [2.05, 4.69) is 0 Å². The Morgan fingerprint density at radius 1 is 1.31 bits per heavy atom. The molecule has 16 heavy (non-hydrogen) atoms. The molecule has 0 aliphatic rings. The van der Waals surface area contributed by atoms with Crippen molar-refractivity contribution >= 4 is 5.97 Å². The zero-order valence-electron chi connectivity index (χ0n) is 9.68. The lowest BCUT2D eigenvalue weighted by molar-refractivity contribution is -0.154. The second-order valence-electron chi connectivity index (χ2n) is 3.22. The topological polar surface area (TPSA) is 91.0 Å². The van der Waals surface area contributed by atoms with Crippen LogP contribution in [0.3, 0.4) is 0 Å². The molecule has 0 fully saturated rings. The van der Waals surface area contributed by atoms with Crippen LogP contribution in [0.5, 0.6) is 0 Å². The summed E-state index contributed by atoms with van der Waals surface area (Å²) < 4.78 is 14.8. The van der Waals surface area contributed by atoms with Crippen LogP contribution in [-0.4, -0.2) is 57.3 Å². The second kappa shape index (κ2) is 10.8. The van der Waals surface area contributed by atoms with Crippen LogP contribution < -0.4 is 5.73 Å². The minimum absolute atomic E-state index is 0.225. The minimum Gasteiger partial charge on any atom is -0.464 e. The molecule has 0 spiro atoms. The molecular formula is C10H21NO5. The van der Waals surface area contributed by atoms with Crippen molar-refractivity contribution in [3.8, 4) is 0 Å². The van der Waals surface area contributed by atoms with Gasteiger partial charge >= 0.3 is 5.97 Å². The van der Waals surface area contributed by atoms with Gasteiger partial charge in [-0.2, -0.15) is 0 Å². The maximum Gasteiger partial charge on any atom is 0.335 e. The van der Waals surface area contributed by atoms with Gasteiger partial charge in [0.15, 0.2) is 6.10 Å². The summed E-state index contributed by atoms with van der Waals surface area (Å²) >= 11 is 0. The normalized spacial score (nSPS) is 12.4. The number of aliphatic hydroxyl groups is 1. The Kier molecular flexibility index (Phi) is 10.3. The highest BCUT2D eigenvalue weighted by molar-refractivity contribution is 5.74. The highest BCUT2D eigenvalue weighted by atomic mass is 16.5. The lowest BCUT2D eigenvalue weighted by Crippen LogP contribution is -2.26. The monoisotopic (exact) mass is 235 g/mol. The van der Waals surface area contributed by atoms with Crippen LogP contribution in [0.15, 0.2) is 0 Å². The van der Waals surface area contributed by atoms with Gasteiger partial charge in [-0.1, -0.05) is 0 Å². The predicted octanol–water partition coefficient (Wildman–Crippen LogP) is -0.708. The van der Waals surface area contributed by atoms with Gasteiger partial charge in [-0.05, 0) is 13.0 Å². The summed E-state index contributed by atoms with van der Waals surface area (Å²) in [6, 6.07) is 0. The predicted molar refractivity (Wildman–Crippen MR) is 57.9 cm³/mol. The average Bonchev–Trinajstić information content (AvgIpc) is 2.28. The van der Waals surface area contributed by atoms with E-state index in [1.807, 2.05) is 0 Å². The van der Waals surface area contributed by atoms with Crippen molar-refractivity contribution in [1.82, 2.24) is 0 Å². The Morgan fingerprint density at radius 3 is 2.69 bits per heavy atom. The van der Waals surface area contributed by atoms with E-state index in [1.165, 1.54) is 0 Å². The van der Waals surface area contributed by atoms with Gasteiger partial charge < -0.3 is 25.1 Å². The number of carbonyl (C=O) groups excluding carboxylic acids is 1. The van der Waals surface area contributed by atoms with E-state index in [9.17, 15) is 9.90 Å². The fourth-order valence-corrected chi connectivity index (χ4v) is 0.950. The van der Waals surface area contributed by atoms with Crippen LogP contribution in [0.25, 0.3) is 0 Å². The van der Waals surface area contributed by atoms with Gasteiger partial charge in [0.25, 0.3) is 0 Å². The van der Waals surface area contributed by atoms with Gasteiger partial charge in [0.1, 0.15) is 0 Å². The first-order valence-electron chi connectivity index (χ1n) is 5.33. The lowest BCUT2D eigenvalue weighted by Gasteiger charge is -2.09. The largest absolute Gasteiger partial charge is 0.464 e. The van der Waals surface area contributed by atoms with Crippen molar-refractivity contribution in [3.05, 3.63) is 0 Å². The molecule has 1 atom stereocenters. The van der Waals surface area contributed by atoms with Gasteiger partial charge in [-0.3, -0.25) is 0 Å². The minimum atomic E-state index is -1.11. The maximum absolute atomic E-state index is 11.1. The Bertz CT molecular complexity index is 177. The number of esters is 1. The molecule has 1 unspecified atom stereocenters. The third-order valence-electron chi connectivity index (χ3n) is 1.82. The van der Waals surface area contributed by atoms with Crippen LogP contribution in [0.1, 0.15) is 12.8 Å². The lowest BCUT2D eigenvalue weighted by atomic mass is 10.2. The molecular weight excluding hydrogens is 214 g/mol. The zero-order chi connectivity index (χ0) is 12.2. The molecule has 0 aromatic carbocycles. The summed E-state index contributed by atoms with van der Waals surface area (Å²) in [5, 5.41) is 9.19. The number of hydrogen-bond donors (Lipinski definition) is 2. The van der Waals surface area contributed by atoms with Crippen LogP contribution >= 0.6 is 0 Å². The molecule has 0 heterocycles. The van der Waals surface area contributed by atoms with E-state index >= 15 is 0 Å². The van der Waals surface area contributed by atoms with E-state index in [0.29, 0.717) is 26.2 Å². The van der Waals surface area contributed by atoms with Crippen molar-refractivity contribution in [3.63, 3.8) is 0 Å². The quantitative estimate of drug-likeness (QED) is 0.384. The van der Waals surface area contributed by atoms with Crippen molar-refractivity contribution in [2.45, 2.75) is 18.9 Å². The number of methoxy groups -OCH3 is 1. The smallest absolute Gasteiger partial charge is 0.335 e. The average molecular weight is 235 g/mol. The van der Waals surface area contributed by atoms with E-state index in [-0.39, 0.29) is 19.6 Å². The van der Waals surface area contributed by atoms with E-state index in [1.54, 1.807) is 7.11 Å². The highest BCUT2D eigenvalue weighted by Crippen LogP contribution is 1.95. The molecule has 0 aromatic heterocycles. The Morgan fingerprint density at radius 2 is 2.06 bits per heavy atom. The molecule has 96 valence electrons. The first-order chi connectivity index (χ1) is 7.72. The molecule has 0 rings (SSSR count). The first kappa shape index (κ1) is 15.3. The van der Waals surface area contributed by atoms with E-state index < -0.39 is 12.1 Å². The van der Waals surface area contributed by atoms with Gasteiger partial charge in [0.05, 0.1) is 19.8 Å². The van der Waals surface area contributed by atoms with Crippen molar-refractivity contribution in [1.29, 1.82) is 0 Å². The summed E-state index contributed by atoms with van der Waals surface area (Å²) in [5.74, 6) is -0.623. The molecule has 0 bridgehead atoms. The van der Waals surface area contributed by atoms with Crippen LogP contribution in [0.2, 0.25) is 0 Å². The molecule has 0 aliphatic carbocycles. The van der Waals surface area contributed by atoms with Crippen molar-refractivity contribution in [2.24, 2.45) is 5.73 Å². The third-order valence-corrected chi connectivity index (χ3v) is 1.82. The Hall–Kier alpha value is -0.690. The van der Waals surface area contributed by atoms with Crippen LogP contribution in [0.4, 0.5) is 0 Å². The molecule has 0 aromatic rings. The van der Waals surface area contributed by atoms with Crippen molar-refractivity contribution < 1.29 is 24.1 Å². The molecule has 3 N–H and O–H groups in total. The van der Waals surface area contributed by atoms with Gasteiger partial charge in [0, 0.05) is 20.1 Å². The molecule has 0 aliphatic heterocycles. The number of aliphatic hydroxyl groups excluding tert-OH is 1. The van der Waals surface area contributed by atoms with Gasteiger partial charge in [-0.25, -0.2) is 4.79 Å². The standard InChI is InChI=1S/C10H21NO5/c1-14-7-8-15-5-2-6-16-10(13)9(12)3-4-11/h9,12H,2-8,11H2,1H3. The van der Waals surface area contributed by atoms with Crippen LogP contribution in [0, 0.1) is 0 Å². The molecule has 0 amide bonds. The van der Waals surface area contributed by atoms with E-state index in [4.69, 9.17) is 19.9 Å². The van der Waals surface area contributed by atoms with E-state index in [0.717, 1.165) is 0 Å². The summed E-state index contributed by atoms with van der Waals surface area (Å²) in [7, 11) is 1.60. The van der Waals surface area contributed by atoms with Crippen LogP contribution in [-0.2, 0) is 19.0 Å². The number of carbonyl (C=O) groups is 1. The van der Waals surface area contributed by atoms with Crippen molar-refractivity contribution in [2.75, 3.05) is 40.1 Å². The highest BCUT2D eigenvalue weighted by Gasteiger charge is 2.14. The molecule has 0 radical (unpaired) electrons. The Balaban J connectivity index is 3.27. The molecule has 0 saturated carbocycles. The third kappa shape index (κ3) is 8.60. The Labute approximate surface area is 95.7 Å². The maximum atomic E-state index is 11.1. The molecule has 6 heteroatoms. The summed E-state index contributed by atoms with van der Waals surface area (Å²) in [6.07, 6.45) is -0.284. The number of ether oxygens (including phenoxy) is 3. The SMILES string of the molecule is COCCOCCCOC(=O)C(O)CCN. The number of nitrogens with two attached hydrogens (primary N) is 1. The zero-order valence-corrected chi connectivity index (χ0v) is 9.68. The first-order valence-corrected chi connectivity index (χ1v) is 5.33. The fraction of sp³-hybridized carbons (Fsp3) is 0.900.